The van der Waals surface area contributed by atoms with Crippen LogP contribution in [0.3, 0.4) is 0 Å². The normalized spacial score (nSPS) is 17.4. The molecule has 0 bridgehead atoms. The third kappa shape index (κ3) is 2.47. The second kappa shape index (κ2) is 5.24. The molecule has 1 fully saturated rings. The van der Waals surface area contributed by atoms with Crippen molar-refractivity contribution in [2.75, 3.05) is 6.26 Å². The predicted molar refractivity (Wildman–Crippen MR) is 71.3 cm³/mol. The van der Waals surface area contributed by atoms with E-state index in [1.165, 1.54) is 18.0 Å². The predicted octanol–water partition coefficient (Wildman–Crippen LogP) is 1.27. The van der Waals surface area contributed by atoms with Gasteiger partial charge in [0.25, 0.3) is 5.91 Å². The molecule has 104 valence electrons. The zero-order valence-electron chi connectivity index (χ0n) is 11.0. The van der Waals surface area contributed by atoms with Gasteiger partial charge in [0, 0.05) is 7.05 Å². The fraction of sp³-hybridized carbons (Fsp3) is 0.583. The SMILES string of the molecule is CSc1ncc(C(=O)NC2(C(=O)O)CCCC2)n1C. The van der Waals surface area contributed by atoms with Crippen LogP contribution in [0.2, 0.25) is 0 Å². The van der Waals surface area contributed by atoms with Gasteiger partial charge >= 0.3 is 5.97 Å². The van der Waals surface area contributed by atoms with E-state index in [-0.39, 0.29) is 5.91 Å². The van der Waals surface area contributed by atoms with Crippen LogP contribution in [0.5, 0.6) is 0 Å². The highest BCUT2D eigenvalue weighted by Gasteiger charge is 2.43. The van der Waals surface area contributed by atoms with Crippen molar-refractivity contribution in [2.45, 2.75) is 36.4 Å². The Morgan fingerprint density at radius 2 is 2.11 bits per heavy atom. The molecular weight excluding hydrogens is 266 g/mol. The lowest BCUT2D eigenvalue weighted by Gasteiger charge is -2.25. The standard InChI is InChI=1S/C12H17N3O3S/c1-15-8(7-13-11(15)19-2)9(16)14-12(10(17)18)5-3-4-6-12/h7H,3-6H2,1-2H3,(H,14,16)(H,17,18). The number of amides is 1. The molecule has 2 N–H and O–H groups in total. The van der Waals surface area contributed by atoms with E-state index in [1.54, 1.807) is 11.6 Å². The Labute approximate surface area is 115 Å². The van der Waals surface area contributed by atoms with Crippen LogP contribution < -0.4 is 5.32 Å². The van der Waals surface area contributed by atoms with Gasteiger partial charge in [-0.1, -0.05) is 24.6 Å². The summed E-state index contributed by atoms with van der Waals surface area (Å²) in [5.41, 5.74) is -0.724. The Kier molecular flexibility index (Phi) is 3.84. The first-order valence-corrected chi connectivity index (χ1v) is 7.34. The van der Waals surface area contributed by atoms with E-state index in [1.807, 2.05) is 6.26 Å². The number of thioether (sulfide) groups is 1. The van der Waals surface area contributed by atoms with Crippen LogP contribution in [0, 0.1) is 0 Å². The minimum Gasteiger partial charge on any atom is -0.480 e. The number of carboxylic acid groups (broad SMARTS) is 1. The minimum absolute atomic E-state index is 0.375. The number of aromatic nitrogens is 2. The van der Waals surface area contributed by atoms with Crippen LogP contribution >= 0.6 is 11.8 Å². The number of rotatable bonds is 4. The molecule has 0 atom stereocenters. The zero-order valence-corrected chi connectivity index (χ0v) is 11.8. The van der Waals surface area contributed by atoms with Gasteiger partial charge in [0.1, 0.15) is 11.2 Å². The van der Waals surface area contributed by atoms with Crippen LogP contribution in [0.4, 0.5) is 0 Å². The van der Waals surface area contributed by atoms with Gasteiger partial charge in [0.2, 0.25) is 0 Å². The lowest BCUT2D eigenvalue weighted by Crippen LogP contribution is -2.52. The van der Waals surface area contributed by atoms with Crippen LogP contribution in [-0.2, 0) is 11.8 Å². The van der Waals surface area contributed by atoms with Crippen LogP contribution in [0.1, 0.15) is 36.2 Å². The van der Waals surface area contributed by atoms with Crippen LogP contribution in [-0.4, -0.2) is 38.3 Å². The molecule has 0 aromatic carbocycles. The molecule has 1 aromatic heterocycles. The Balaban J connectivity index is 2.20. The van der Waals surface area contributed by atoms with Gasteiger partial charge in [-0.3, -0.25) is 4.79 Å². The maximum atomic E-state index is 12.2. The number of carbonyl (C=O) groups excluding carboxylic acids is 1. The van der Waals surface area contributed by atoms with Crippen LogP contribution in [0.15, 0.2) is 11.4 Å². The topological polar surface area (TPSA) is 84.2 Å². The molecule has 6 nitrogen and oxygen atoms in total. The van der Waals surface area contributed by atoms with Gasteiger partial charge in [0.15, 0.2) is 5.16 Å². The summed E-state index contributed by atoms with van der Waals surface area (Å²) in [6.45, 7) is 0. The summed E-state index contributed by atoms with van der Waals surface area (Å²) in [5, 5.41) is 12.7. The number of carboxylic acids is 1. The number of imidazole rings is 1. The largest absolute Gasteiger partial charge is 0.480 e. The number of nitrogens with zero attached hydrogens (tertiary/aromatic N) is 2. The molecule has 1 heterocycles. The summed E-state index contributed by atoms with van der Waals surface area (Å²) in [5.74, 6) is -1.33. The Hall–Kier alpha value is -1.50. The summed E-state index contributed by atoms with van der Waals surface area (Å²) in [6.07, 6.45) is 5.98. The Morgan fingerprint density at radius 3 is 2.58 bits per heavy atom. The van der Waals surface area contributed by atoms with Crippen LogP contribution in [0.25, 0.3) is 0 Å². The van der Waals surface area contributed by atoms with Gasteiger partial charge in [-0.25, -0.2) is 9.78 Å². The molecule has 1 aliphatic carbocycles. The van der Waals surface area contributed by atoms with Gasteiger partial charge in [0.05, 0.1) is 6.20 Å². The number of carbonyl (C=O) groups is 2. The molecule has 19 heavy (non-hydrogen) atoms. The van der Waals surface area contributed by atoms with Crippen molar-refractivity contribution in [2.24, 2.45) is 7.05 Å². The number of aliphatic carboxylic acids is 1. The van der Waals surface area contributed by atoms with Crippen molar-refractivity contribution in [3.8, 4) is 0 Å². The zero-order chi connectivity index (χ0) is 14.0. The van der Waals surface area contributed by atoms with Crippen molar-refractivity contribution in [3.63, 3.8) is 0 Å². The first-order chi connectivity index (χ1) is 9.00. The van der Waals surface area contributed by atoms with Gasteiger partial charge in [-0.15, -0.1) is 0 Å². The molecule has 2 rings (SSSR count). The summed E-state index contributed by atoms with van der Waals surface area (Å²) < 4.78 is 1.67. The first-order valence-electron chi connectivity index (χ1n) is 6.12. The van der Waals surface area contributed by atoms with E-state index in [2.05, 4.69) is 10.3 Å². The Bertz CT molecular complexity index is 506. The van der Waals surface area contributed by atoms with E-state index in [9.17, 15) is 14.7 Å². The molecule has 1 aromatic rings. The maximum Gasteiger partial charge on any atom is 0.329 e. The molecule has 0 aliphatic heterocycles. The molecule has 1 aliphatic rings. The fourth-order valence-electron chi connectivity index (χ4n) is 2.45. The molecule has 1 saturated carbocycles. The summed E-state index contributed by atoms with van der Waals surface area (Å²) in [7, 11) is 1.75. The van der Waals surface area contributed by atoms with Crippen molar-refractivity contribution in [1.82, 2.24) is 14.9 Å². The molecule has 0 unspecified atom stereocenters. The van der Waals surface area contributed by atoms with Crippen molar-refractivity contribution in [1.29, 1.82) is 0 Å². The van der Waals surface area contributed by atoms with Gasteiger partial charge < -0.3 is 15.0 Å². The minimum atomic E-state index is -1.11. The number of hydrogen-bond acceptors (Lipinski definition) is 4. The molecular formula is C12H17N3O3S. The van der Waals surface area contributed by atoms with E-state index in [0.29, 0.717) is 18.5 Å². The highest BCUT2D eigenvalue weighted by atomic mass is 32.2. The van der Waals surface area contributed by atoms with Crippen molar-refractivity contribution >= 4 is 23.6 Å². The summed E-state index contributed by atoms with van der Waals surface area (Å²) in [4.78, 5) is 27.7. The first kappa shape index (κ1) is 13.9. The summed E-state index contributed by atoms with van der Waals surface area (Å²) >= 11 is 1.44. The van der Waals surface area contributed by atoms with E-state index < -0.39 is 11.5 Å². The highest BCUT2D eigenvalue weighted by Crippen LogP contribution is 2.30. The molecule has 0 radical (unpaired) electrons. The third-order valence-corrected chi connectivity index (χ3v) is 4.32. The lowest BCUT2D eigenvalue weighted by atomic mass is 9.97. The van der Waals surface area contributed by atoms with Gasteiger partial charge in [-0.05, 0) is 19.1 Å². The van der Waals surface area contributed by atoms with Crippen molar-refractivity contribution in [3.05, 3.63) is 11.9 Å². The van der Waals surface area contributed by atoms with Crippen molar-refractivity contribution < 1.29 is 14.7 Å². The quantitative estimate of drug-likeness (QED) is 0.813. The van der Waals surface area contributed by atoms with E-state index >= 15 is 0 Å². The number of hydrogen-bond donors (Lipinski definition) is 2. The Morgan fingerprint density at radius 1 is 1.47 bits per heavy atom. The van der Waals surface area contributed by atoms with Gasteiger partial charge in [-0.2, -0.15) is 0 Å². The average Bonchev–Trinajstić information content (AvgIpc) is 2.96. The van der Waals surface area contributed by atoms with E-state index in [4.69, 9.17) is 0 Å². The fourth-order valence-corrected chi connectivity index (χ4v) is 2.98. The third-order valence-electron chi connectivity index (χ3n) is 3.58. The monoisotopic (exact) mass is 283 g/mol. The molecule has 1 amide bonds. The maximum absolute atomic E-state index is 12.2. The number of nitrogens with one attached hydrogen (secondary N) is 1. The van der Waals surface area contributed by atoms with E-state index in [0.717, 1.165) is 18.0 Å². The highest BCUT2D eigenvalue weighted by molar-refractivity contribution is 7.98. The molecule has 0 spiro atoms. The second-order valence-electron chi connectivity index (χ2n) is 4.74. The average molecular weight is 283 g/mol. The molecule has 7 heteroatoms. The second-order valence-corrected chi connectivity index (χ2v) is 5.51. The smallest absolute Gasteiger partial charge is 0.329 e. The summed E-state index contributed by atoms with van der Waals surface area (Å²) in [6, 6.07) is 0. The lowest BCUT2D eigenvalue weighted by molar-refractivity contribution is -0.144. The molecule has 0 saturated heterocycles.